The van der Waals surface area contributed by atoms with Crippen LogP contribution in [0.25, 0.3) is 0 Å². The van der Waals surface area contributed by atoms with Crippen molar-refractivity contribution in [1.29, 1.82) is 0 Å². The Labute approximate surface area is 170 Å². The highest BCUT2D eigenvalue weighted by atomic mass is 16.1. The highest BCUT2D eigenvalue weighted by Crippen LogP contribution is 2.22. The zero-order valence-corrected chi connectivity index (χ0v) is 16.2. The van der Waals surface area contributed by atoms with Crippen molar-refractivity contribution in [3.05, 3.63) is 72.2 Å². The van der Waals surface area contributed by atoms with E-state index in [2.05, 4.69) is 42.8 Å². The number of hydrogen-bond donors (Lipinski definition) is 2. The van der Waals surface area contributed by atoms with Crippen LogP contribution in [-0.2, 0) is 6.54 Å². The van der Waals surface area contributed by atoms with Crippen molar-refractivity contribution in [2.24, 2.45) is 0 Å². The molecule has 0 atom stereocenters. The molecule has 1 fully saturated rings. The fraction of sp³-hybridized carbons (Fsp3) is 0.273. The third kappa shape index (κ3) is 5.07. The van der Waals surface area contributed by atoms with Crippen molar-refractivity contribution < 1.29 is 4.79 Å². The molecule has 0 unspecified atom stereocenters. The molecule has 7 heteroatoms. The first-order valence-electron chi connectivity index (χ1n) is 9.91. The van der Waals surface area contributed by atoms with Crippen molar-refractivity contribution in [3.63, 3.8) is 0 Å². The van der Waals surface area contributed by atoms with Gasteiger partial charge in [0.2, 0.25) is 0 Å². The van der Waals surface area contributed by atoms with E-state index in [4.69, 9.17) is 0 Å². The first kappa shape index (κ1) is 18.9. The lowest BCUT2D eigenvalue weighted by molar-refractivity contribution is 0.102. The normalized spacial score (nSPS) is 13.7. The van der Waals surface area contributed by atoms with Crippen LogP contribution in [0.4, 0.5) is 17.2 Å². The quantitative estimate of drug-likeness (QED) is 0.670. The first-order valence-corrected chi connectivity index (χ1v) is 9.91. The van der Waals surface area contributed by atoms with Crippen molar-refractivity contribution in [3.8, 4) is 0 Å². The maximum absolute atomic E-state index is 12.4. The minimum Gasteiger partial charge on any atom is -0.372 e. The van der Waals surface area contributed by atoms with Gasteiger partial charge in [0.15, 0.2) is 5.69 Å². The molecule has 1 aromatic carbocycles. The van der Waals surface area contributed by atoms with Gasteiger partial charge >= 0.3 is 0 Å². The van der Waals surface area contributed by atoms with Crippen LogP contribution in [0.15, 0.2) is 60.9 Å². The Bertz CT molecular complexity index is 922. The Balaban J connectivity index is 1.32. The molecule has 1 aliphatic heterocycles. The van der Waals surface area contributed by atoms with Gasteiger partial charge in [-0.05, 0) is 73.4 Å². The summed E-state index contributed by atoms with van der Waals surface area (Å²) in [5.41, 5.74) is 3.32. The number of aromatic nitrogens is 3. The number of anilines is 3. The van der Waals surface area contributed by atoms with Gasteiger partial charge < -0.3 is 15.5 Å². The van der Waals surface area contributed by atoms with E-state index in [1.807, 2.05) is 24.3 Å². The molecule has 2 aromatic heterocycles. The van der Waals surface area contributed by atoms with E-state index < -0.39 is 0 Å². The Morgan fingerprint density at radius 3 is 2.34 bits per heavy atom. The highest BCUT2D eigenvalue weighted by molar-refractivity contribution is 6.02. The molecule has 4 rings (SSSR count). The first-order chi connectivity index (χ1) is 14.3. The summed E-state index contributed by atoms with van der Waals surface area (Å²) in [5.74, 6) is 0.341. The standard InChI is InChI=1S/C22H24N6O/c29-22(25-18-4-6-19(7-5-18)28-14-2-1-3-15-28)20-8-9-21(27-26-20)24-16-17-10-12-23-13-11-17/h4-13H,1-3,14-16H2,(H,24,27)(H,25,29). The second-order valence-electron chi connectivity index (χ2n) is 7.06. The van der Waals surface area contributed by atoms with Crippen LogP contribution >= 0.6 is 0 Å². The van der Waals surface area contributed by atoms with Crippen LogP contribution in [0, 0.1) is 0 Å². The summed E-state index contributed by atoms with van der Waals surface area (Å²) in [4.78, 5) is 18.8. The fourth-order valence-electron chi connectivity index (χ4n) is 3.34. The minimum absolute atomic E-state index is 0.274. The van der Waals surface area contributed by atoms with Gasteiger partial charge in [-0.2, -0.15) is 0 Å². The molecular weight excluding hydrogens is 364 g/mol. The summed E-state index contributed by atoms with van der Waals surface area (Å²) in [5, 5.41) is 14.2. The lowest BCUT2D eigenvalue weighted by atomic mass is 10.1. The SMILES string of the molecule is O=C(Nc1ccc(N2CCCCC2)cc1)c1ccc(NCc2ccncc2)nn1. The number of rotatable bonds is 6. The summed E-state index contributed by atoms with van der Waals surface area (Å²) in [6.45, 7) is 2.82. The summed E-state index contributed by atoms with van der Waals surface area (Å²) in [7, 11) is 0. The molecule has 2 N–H and O–H groups in total. The Kier molecular flexibility index (Phi) is 5.95. The Morgan fingerprint density at radius 1 is 0.897 bits per heavy atom. The van der Waals surface area contributed by atoms with Crippen LogP contribution in [0.1, 0.15) is 35.3 Å². The van der Waals surface area contributed by atoms with E-state index in [0.717, 1.165) is 24.3 Å². The Hall–Kier alpha value is -3.48. The average Bonchev–Trinajstić information content (AvgIpc) is 2.80. The van der Waals surface area contributed by atoms with Crippen molar-refractivity contribution in [2.45, 2.75) is 25.8 Å². The molecule has 3 aromatic rings. The number of amides is 1. The van der Waals surface area contributed by atoms with Crippen LogP contribution < -0.4 is 15.5 Å². The van der Waals surface area contributed by atoms with Crippen molar-refractivity contribution >= 4 is 23.1 Å². The number of carbonyl (C=O) groups is 1. The zero-order valence-electron chi connectivity index (χ0n) is 16.2. The lowest BCUT2D eigenvalue weighted by Gasteiger charge is -2.28. The molecule has 148 valence electrons. The van der Waals surface area contributed by atoms with Gasteiger partial charge in [0.25, 0.3) is 5.91 Å². The van der Waals surface area contributed by atoms with Gasteiger partial charge in [-0.25, -0.2) is 0 Å². The van der Waals surface area contributed by atoms with Gasteiger partial charge in [-0.1, -0.05) is 0 Å². The van der Waals surface area contributed by atoms with Crippen LogP contribution in [-0.4, -0.2) is 34.2 Å². The second kappa shape index (κ2) is 9.14. The van der Waals surface area contributed by atoms with Gasteiger partial charge in [0.1, 0.15) is 5.82 Å². The molecule has 0 radical (unpaired) electrons. The molecular formula is C22H24N6O. The predicted octanol–water partition coefficient (Wildman–Crippen LogP) is 3.73. The Morgan fingerprint density at radius 2 is 1.66 bits per heavy atom. The molecule has 1 saturated heterocycles. The third-order valence-corrected chi connectivity index (χ3v) is 4.97. The summed E-state index contributed by atoms with van der Waals surface area (Å²) >= 11 is 0. The molecule has 0 saturated carbocycles. The predicted molar refractivity (Wildman–Crippen MR) is 114 cm³/mol. The minimum atomic E-state index is -0.274. The molecule has 3 heterocycles. The number of benzene rings is 1. The molecule has 1 amide bonds. The van der Waals surface area contributed by atoms with Crippen molar-refractivity contribution in [1.82, 2.24) is 15.2 Å². The van der Waals surface area contributed by atoms with Gasteiger partial charge in [0.05, 0.1) is 0 Å². The molecule has 0 spiro atoms. The van der Waals surface area contributed by atoms with E-state index in [-0.39, 0.29) is 11.6 Å². The zero-order chi connectivity index (χ0) is 19.9. The van der Waals surface area contributed by atoms with Crippen LogP contribution in [0.5, 0.6) is 0 Å². The molecule has 0 bridgehead atoms. The summed E-state index contributed by atoms with van der Waals surface area (Å²) < 4.78 is 0. The molecule has 7 nitrogen and oxygen atoms in total. The highest BCUT2D eigenvalue weighted by Gasteiger charge is 2.12. The van der Waals surface area contributed by atoms with E-state index in [1.165, 1.54) is 24.9 Å². The molecule has 29 heavy (non-hydrogen) atoms. The number of nitrogens with one attached hydrogen (secondary N) is 2. The number of piperidine rings is 1. The van der Waals surface area contributed by atoms with E-state index in [9.17, 15) is 4.79 Å². The third-order valence-electron chi connectivity index (χ3n) is 4.97. The van der Waals surface area contributed by atoms with Gasteiger partial charge in [0, 0.05) is 43.4 Å². The molecule has 0 aliphatic carbocycles. The monoisotopic (exact) mass is 388 g/mol. The van der Waals surface area contributed by atoms with Crippen LogP contribution in [0.2, 0.25) is 0 Å². The lowest BCUT2D eigenvalue weighted by Crippen LogP contribution is -2.29. The smallest absolute Gasteiger partial charge is 0.276 e. The fourth-order valence-corrected chi connectivity index (χ4v) is 3.34. The van der Waals surface area contributed by atoms with E-state index in [1.54, 1.807) is 24.5 Å². The second-order valence-corrected chi connectivity index (χ2v) is 7.06. The maximum Gasteiger partial charge on any atom is 0.276 e. The average molecular weight is 388 g/mol. The molecule has 1 aliphatic rings. The largest absolute Gasteiger partial charge is 0.372 e. The number of nitrogens with zero attached hydrogens (tertiary/aromatic N) is 4. The van der Waals surface area contributed by atoms with E-state index in [0.29, 0.717) is 12.4 Å². The number of pyridine rings is 1. The van der Waals surface area contributed by atoms with E-state index >= 15 is 0 Å². The maximum atomic E-state index is 12.4. The summed E-state index contributed by atoms with van der Waals surface area (Å²) in [6, 6.07) is 15.2. The van der Waals surface area contributed by atoms with Crippen LogP contribution in [0.3, 0.4) is 0 Å². The van der Waals surface area contributed by atoms with Gasteiger partial charge in [-0.3, -0.25) is 9.78 Å². The number of carbonyl (C=O) groups excluding carboxylic acids is 1. The van der Waals surface area contributed by atoms with Gasteiger partial charge in [-0.15, -0.1) is 10.2 Å². The summed E-state index contributed by atoms with van der Waals surface area (Å²) in [6.07, 6.45) is 7.28. The topological polar surface area (TPSA) is 83.0 Å². The van der Waals surface area contributed by atoms with Crippen molar-refractivity contribution in [2.75, 3.05) is 28.6 Å². The number of hydrogen-bond acceptors (Lipinski definition) is 6.